The number of nitrogens with zero attached hydrogens (tertiary/aromatic N) is 1. The number of thioether (sulfide) groups is 1. The van der Waals surface area contributed by atoms with Crippen LogP contribution in [-0.4, -0.2) is 44.2 Å². The molecule has 108 valence electrons. The highest BCUT2D eigenvalue weighted by molar-refractivity contribution is 7.99. The van der Waals surface area contributed by atoms with E-state index in [1.807, 2.05) is 23.9 Å². The zero-order valence-corrected chi connectivity index (χ0v) is 12.5. The topological polar surface area (TPSA) is 50.8 Å². The maximum Gasteiger partial charge on any atom is 0.226 e. The summed E-state index contributed by atoms with van der Waals surface area (Å²) in [5.74, 6) is 3.46. The maximum absolute atomic E-state index is 12.0. The molecule has 20 heavy (non-hydrogen) atoms. The molecule has 0 bridgehead atoms. The number of carbonyl (C=O) groups is 1. The molecule has 2 aliphatic heterocycles. The largest absolute Gasteiger partial charge is 0.493 e. The Bertz CT molecular complexity index is 535. The first-order chi connectivity index (χ1) is 9.72. The minimum Gasteiger partial charge on any atom is -0.493 e. The fourth-order valence-corrected chi connectivity index (χ4v) is 3.82. The lowest BCUT2D eigenvalue weighted by Gasteiger charge is -2.36. The Morgan fingerprint density at radius 3 is 2.80 bits per heavy atom. The molecule has 1 amide bonds. The normalized spacial score (nSPS) is 21.4. The quantitative estimate of drug-likeness (QED) is 0.904. The molecule has 6 heteroatoms. The van der Waals surface area contributed by atoms with Crippen molar-refractivity contribution in [1.29, 1.82) is 0 Å². The third kappa shape index (κ3) is 2.28. The molecule has 2 aliphatic rings. The van der Waals surface area contributed by atoms with E-state index in [1.54, 1.807) is 14.2 Å². The van der Waals surface area contributed by atoms with E-state index in [0.717, 1.165) is 29.4 Å². The summed E-state index contributed by atoms with van der Waals surface area (Å²) in [4.78, 5) is 14.3. The second-order valence-electron chi connectivity index (χ2n) is 4.90. The lowest BCUT2D eigenvalue weighted by molar-refractivity contribution is -0.116. The van der Waals surface area contributed by atoms with Crippen LogP contribution in [0.5, 0.6) is 11.5 Å². The Morgan fingerprint density at radius 2 is 2.05 bits per heavy atom. The Labute approximate surface area is 122 Å². The van der Waals surface area contributed by atoms with Crippen LogP contribution in [0.25, 0.3) is 0 Å². The summed E-state index contributed by atoms with van der Waals surface area (Å²) in [6, 6.07) is 4.06. The van der Waals surface area contributed by atoms with E-state index in [4.69, 9.17) is 9.47 Å². The number of ether oxygens (including phenoxy) is 2. The van der Waals surface area contributed by atoms with Gasteiger partial charge in [-0.25, -0.2) is 0 Å². The molecule has 0 radical (unpaired) electrons. The highest BCUT2D eigenvalue weighted by Gasteiger charge is 2.31. The summed E-state index contributed by atoms with van der Waals surface area (Å²) in [5.41, 5.74) is 1.83. The van der Waals surface area contributed by atoms with Gasteiger partial charge < -0.3 is 19.7 Å². The molecular formula is C14H18N2O3S. The molecule has 1 saturated heterocycles. The smallest absolute Gasteiger partial charge is 0.226 e. The van der Waals surface area contributed by atoms with Crippen molar-refractivity contribution < 1.29 is 14.3 Å². The Balaban J connectivity index is 2.09. The van der Waals surface area contributed by atoms with Crippen LogP contribution in [0.15, 0.2) is 12.1 Å². The van der Waals surface area contributed by atoms with E-state index in [2.05, 4.69) is 10.2 Å². The number of fused-ring (bicyclic) bond motifs is 3. The molecule has 1 fully saturated rings. The zero-order chi connectivity index (χ0) is 14.1. The summed E-state index contributed by atoms with van der Waals surface area (Å²) in [5, 5.41) is 2.98. The SMILES string of the molecule is COc1cc2c(cc1OC)N1CCSCC1CC(=O)N2. The highest BCUT2D eigenvalue weighted by atomic mass is 32.2. The summed E-state index contributed by atoms with van der Waals surface area (Å²) in [6.45, 7) is 0.951. The Hall–Kier alpha value is -1.56. The predicted molar refractivity (Wildman–Crippen MR) is 81.3 cm³/mol. The molecule has 1 N–H and O–H groups in total. The van der Waals surface area contributed by atoms with Gasteiger partial charge in [0.15, 0.2) is 11.5 Å². The van der Waals surface area contributed by atoms with Gasteiger partial charge in [0, 0.05) is 42.6 Å². The molecule has 0 aromatic heterocycles. The molecule has 0 aliphatic carbocycles. The fraction of sp³-hybridized carbons (Fsp3) is 0.500. The number of carbonyl (C=O) groups excluding carboxylic acids is 1. The first-order valence-electron chi connectivity index (χ1n) is 6.63. The van der Waals surface area contributed by atoms with Crippen molar-refractivity contribution in [3.05, 3.63) is 12.1 Å². The number of hydrogen-bond acceptors (Lipinski definition) is 5. The summed E-state index contributed by atoms with van der Waals surface area (Å²) in [7, 11) is 3.23. The van der Waals surface area contributed by atoms with Crippen LogP contribution < -0.4 is 19.7 Å². The van der Waals surface area contributed by atoms with Crippen LogP contribution in [-0.2, 0) is 4.79 Å². The van der Waals surface area contributed by atoms with Crippen LogP contribution in [0.1, 0.15) is 6.42 Å². The van der Waals surface area contributed by atoms with E-state index < -0.39 is 0 Å². The molecule has 2 heterocycles. The minimum absolute atomic E-state index is 0.0634. The first kappa shape index (κ1) is 13.4. The molecular weight excluding hydrogens is 276 g/mol. The van der Waals surface area contributed by atoms with E-state index in [-0.39, 0.29) is 11.9 Å². The summed E-state index contributed by atoms with van der Waals surface area (Å²) < 4.78 is 10.7. The lowest BCUT2D eigenvalue weighted by Crippen LogP contribution is -2.42. The number of nitrogens with one attached hydrogen (secondary N) is 1. The van der Waals surface area contributed by atoms with E-state index in [1.165, 1.54) is 0 Å². The average molecular weight is 294 g/mol. The van der Waals surface area contributed by atoms with Crippen molar-refractivity contribution in [3.63, 3.8) is 0 Å². The Kier molecular flexibility index (Phi) is 3.65. The highest BCUT2D eigenvalue weighted by Crippen LogP contribution is 2.42. The second-order valence-corrected chi connectivity index (χ2v) is 6.05. The Morgan fingerprint density at radius 1 is 1.30 bits per heavy atom. The molecule has 0 spiro atoms. The van der Waals surface area contributed by atoms with Crippen molar-refractivity contribution in [2.45, 2.75) is 12.5 Å². The van der Waals surface area contributed by atoms with E-state index >= 15 is 0 Å². The number of anilines is 2. The minimum atomic E-state index is 0.0634. The molecule has 1 aromatic carbocycles. The van der Waals surface area contributed by atoms with Gasteiger partial charge in [-0.2, -0.15) is 11.8 Å². The number of amides is 1. The molecule has 1 atom stereocenters. The summed E-state index contributed by atoms with van der Waals surface area (Å²) >= 11 is 1.91. The number of hydrogen-bond donors (Lipinski definition) is 1. The van der Waals surface area contributed by atoms with Gasteiger partial charge in [-0.05, 0) is 0 Å². The predicted octanol–water partition coefficient (Wildman–Crippen LogP) is 1.97. The molecule has 3 rings (SSSR count). The second kappa shape index (κ2) is 5.44. The van der Waals surface area contributed by atoms with Crippen molar-refractivity contribution >= 4 is 29.0 Å². The van der Waals surface area contributed by atoms with Gasteiger partial charge in [0.2, 0.25) is 5.91 Å². The lowest BCUT2D eigenvalue weighted by atomic mass is 10.1. The fourth-order valence-electron chi connectivity index (χ4n) is 2.76. The number of benzene rings is 1. The van der Waals surface area contributed by atoms with Gasteiger partial charge in [-0.1, -0.05) is 0 Å². The van der Waals surface area contributed by atoms with Gasteiger partial charge in [-0.15, -0.1) is 0 Å². The van der Waals surface area contributed by atoms with Gasteiger partial charge in [0.05, 0.1) is 25.6 Å². The van der Waals surface area contributed by atoms with E-state index in [0.29, 0.717) is 17.9 Å². The van der Waals surface area contributed by atoms with Gasteiger partial charge in [-0.3, -0.25) is 4.79 Å². The number of rotatable bonds is 2. The van der Waals surface area contributed by atoms with Gasteiger partial charge >= 0.3 is 0 Å². The zero-order valence-electron chi connectivity index (χ0n) is 11.6. The van der Waals surface area contributed by atoms with Crippen molar-refractivity contribution in [1.82, 2.24) is 0 Å². The van der Waals surface area contributed by atoms with Crippen LogP contribution in [0.3, 0.4) is 0 Å². The molecule has 0 saturated carbocycles. The third-order valence-corrected chi connectivity index (χ3v) is 4.83. The van der Waals surface area contributed by atoms with Crippen molar-refractivity contribution in [2.24, 2.45) is 0 Å². The standard InChI is InChI=1S/C14H18N2O3S/c1-18-12-6-10-11(7-13(12)19-2)16-3-4-20-8-9(16)5-14(17)15-10/h6-7,9H,3-5,8H2,1-2H3,(H,15,17). The van der Waals surface area contributed by atoms with E-state index in [9.17, 15) is 4.79 Å². The summed E-state index contributed by atoms with van der Waals surface area (Å²) in [6.07, 6.45) is 0.534. The van der Waals surface area contributed by atoms with Gasteiger partial charge in [0.1, 0.15) is 0 Å². The first-order valence-corrected chi connectivity index (χ1v) is 7.78. The molecule has 1 unspecified atom stereocenters. The maximum atomic E-state index is 12.0. The van der Waals surface area contributed by atoms with Gasteiger partial charge in [0.25, 0.3) is 0 Å². The molecule has 1 aromatic rings. The van der Waals surface area contributed by atoms with Crippen molar-refractivity contribution in [2.75, 3.05) is 42.5 Å². The average Bonchev–Trinajstić information content (AvgIpc) is 2.60. The van der Waals surface area contributed by atoms with Crippen LogP contribution in [0.4, 0.5) is 11.4 Å². The molecule has 5 nitrogen and oxygen atoms in total. The van der Waals surface area contributed by atoms with Crippen LogP contribution in [0, 0.1) is 0 Å². The van der Waals surface area contributed by atoms with Crippen molar-refractivity contribution in [3.8, 4) is 11.5 Å². The monoisotopic (exact) mass is 294 g/mol. The number of methoxy groups -OCH3 is 2. The third-order valence-electron chi connectivity index (χ3n) is 3.73. The van der Waals surface area contributed by atoms with Crippen LogP contribution in [0.2, 0.25) is 0 Å². The van der Waals surface area contributed by atoms with Crippen LogP contribution >= 0.6 is 11.8 Å².